The molecule has 20 heavy (non-hydrogen) atoms. The van der Waals surface area contributed by atoms with Crippen LogP contribution in [-0.2, 0) is 14.1 Å². The molecule has 0 atom stereocenters. The third kappa shape index (κ3) is 2.66. The second-order valence-electron chi connectivity index (χ2n) is 4.18. The molecule has 1 heterocycles. The number of aromatic nitrogens is 2. The Labute approximate surface area is 125 Å². The van der Waals surface area contributed by atoms with Crippen molar-refractivity contribution < 1.29 is 5.11 Å². The van der Waals surface area contributed by atoms with Gasteiger partial charge in [0.05, 0.1) is 5.69 Å². The van der Waals surface area contributed by atoms with Crippen LogP contribution in [0.1, 0.15) is 5.56 Å². The highest BCUT2D eigenvalue weighted by Gasteiger charge is 2.10. The summed E-state index contributed by atoms with van der Waals surface area (Å²) in [6, 6.07) is 6.81. The molecule has 0 amide bonds. The molecule has 0 aliphatic heterocycles. The van der Waals surface area contributed by atoms with Crippen molar-refractivity contribution in [3.05, 3.63) is 50.0 Å². The standard InChI is InChI=1S/C13H12ClN3O2S/c1-16-11(18)10(12(19)17(2)13(16)20)7-15-9-5-3-8(14)4-6-9/h3-7,18H,1-2H3. The van der Waals surface area contributed by atoms with Crippen molar-refractivity contribution >= 4 is 35.7 Å². The van der Waals surface area contributed by atoms with Crippen LogP contribution < -0.4 is 5.56 Å². The SMILES string of the molecule is Cn1c(O)c(C=Nc2ccc(Cl)cc2)c(=O)n(C)c1=S. The van der Waals surface area contributed by atoms with Crippen LogP contribution in [0.25, 0.3) is 0 Å². The Kier molecular flexibility index (Phi) is 4.06. The Morgan fingerprint density at radius 2 is 1.85 bits per heavy atom. The zero-order valence-corrected chi connectivity index (χ0v) is 12.4. The van der Waals surface area contributed by atoms with Crippen molar-refractivity contribution in [2.45, 2.75) is 0 Å². The second-order valence-corrected chi connectivity index (χ2v) is 4.98. The quantitative estimate of drug-likeness (QED) is 0.685. The van der Waals surface area contributed by atoms with E-state index in [-0.39, 0.29) is 16.2 Å². The van der Waals surface area contributed by atoms with Crippen molar-refractivity contribution in [2.75, 3.05) is 0 Å². The maximum atomic E-state index is 12.0. The highest BCUT2D eigenvalue weighted by molar-refractivity contribution is 7.71. The summed E-state index contributed by atoms with van der Waals surface area (Å²) in [5, 5.41) is 10.6. The molecule has 0 fully saturated rings. The van der Waals surface area contributed by atoms with Crippen LogP contribution in [0.15, 0.2) is 34.1 Å². The van der Waals surface area contributed by atoms with Crippen LogP contribution in [0.5, 0.6) is 5.88 Å². The number of halogens is 1. The number of aromatic hydroxyl groups is 1. The molecule has 1 aromatic carbocycles. The monoisotopic (exact) mass is 309 g/mol. The van der Waals surface area contributed by atoms with E-state index in [0.29, 0.717) is 10.7 Å². The number of nitrogens with zero attached hydrogens (tertiary/aromatic N) is 3. The highest BCUT2D eigenvalue weighted by Crippen LogP contribution is 2.17. The van der Waals surface area contributed by atoms with Gasteiger partial charge in [0.25, 0.3) is 5.56 Å². The first-order chi connectivity index (χ1) is 9.41. The minimum Gasteiger partial charge on any atom is -0.494 e. The average Bonchev–Trinajstić information content (AvgIpc) is 2.45. The molecule has 5 nitrogen and oxygen atoms in total. The van der Waals surface area contributed by atoms with Crippen LogP contribution >= 0.6 is 23.8 Å². The van der Waals surface area contributed by atoms with Crippen molar-refractivity contribution in [2.24, 2.45) is 19.1 Å². The van der Waals surface area contributed by atoms with Gasteiger partial charge in [-0.25, -0.2) is 0 Å². The molecule has 0 saturated carbocycles. The molecule has 0 radical (unpaired) electrons. The summed E-state index contributed by atoms with van der Waals surface area (Å²) in [6.45, 7) is 0. The van der Waals surface area contributed by atoms with Gasteiger partial charge < -0.3 is 5.11 Å². The minimum absolute atomic E-state index is 0.0820. The first-order valence-electron chi connectivity index (χ1n) is 5.70. The van der Waals surface area contributed by atoms with E-state index in [4.69, 9.17) is 23.8 Å². The van der Waals surface area contributed by atoms with Gasteiger partial charge in [-0.2, -0.15) is 0 Å². The summed E-state index contributed by atoms with van der Waals surface area (Å²) in [7, 11) is 3.13. The van der Waals surface area contributed by atoms with Crippen molar-refractivity contribution in [3.8, 4) is 5.88 Å². The second kappa shape index (κ2) is 5.60. The van der Waals surface area contributed by atoms with Crippen molar-refractivity contribution in [3.63, 3.8) is 0 Å². The van der Waals surface area contributed by atoms with Crippen LogP contribution in [0, 0.1) is 4.77 Å². The molecule has 0 saturated heterocycles. The molecule has 1 aromatic heterocycles. The Morgan fingerprint density at radius 1 is 1.25 bits per heavy atom. The lowest BCUT2D eigenvalue weighted by molar-refractivity contribution is 0.415. The molecule has 104 valence electrons. The summed E-state index contributed by atoms with van der Waals surface area (Å²) in [4.78, 5) is 16.2. The zero-order chi connectivity index (χ0) is 14.9. The molecule has 0 aliphatic rings. The molecular weight excluding hydrogens is 298 g/mol. The van der Waals surface area contributed by atoms with E-state index < -0.39 is 5.56 Å². The molecule has 7 heteroatoms. The average molecular weight is 310 g/mol. The molecule has 0 unspecified atom stereocenters. The summed E-state index contributed by atoms with van der Waals surface area (Å²) in [5.41, 5.74) is 0.308. The van der Waals surface area contributed by atoms with E-state index in [2.05, 4.69) is 4.99 Å². The Hall–Kier alpha value is -1.92. The van der Waals surface area contributed by atoms with Crippen LogP contribution in [0.2, 0.25) is 5.02 Å². The normalized spacial score (nSPS) is 11.2. The largest absolute Gasteiger partial charge is 0.494 e. The molecule has 1 N–H and O–H groups in total. The fourth-order valence-electron chi connectivity index (χ4n) is 1.64. The smallest absolute Gasteiger partial charge is 0.266 e. The topological polar surface area (TPSA) is 59.5 Å². The first kappa shape index (κ1) is 14.5. The molecule has 2 aromatic rings. The lowest BCUT2D eigenvalue weighted by atomic mass is 10.3. The number of rotatable bonds is 2. The zero-order valence-electron chi connectivity index (χ0n) is 10.9. The maximum absolute atomic E-state index is 12.0. The molecule has 0 spiro atoms. The van der Waals surface area contributed by atoms with E-state index in [1.807, 2.05) is 0 Å². The van der Waals surface area contributed by atoms with Crippen LogP contribution in [-0.4, -0.2) is 20.5 Å². The van der Waals surface area contributed by atoms with Gasteiger partial charge in [-0.1, -0.05) is 11.6 Å². The molecule has 2 rings (SSSR count). The van der Waals surface area contributed by atoms with Gasteiger partial charge >= 0.3 is 0 Å². The predicted molar refractivity (Wildman–Crippen MR) is 81.9 cm³/mol. The predicted octanol–water partition coefficient (Wildman–Crippen LogP) is 2.56. The van der Waals surface area contributed by atoms with Gasteiger partial charge in [-0.3, -0.25) is 18.9 Å². The third-order valence-corrected chi connectivity index (χ3v) is 3.64. The van der Waals surface area contributed by atoms with Crippen LogP contribution in [0.3, 0.4) is 0 Å². The van der Waals surface area contributed by atoms with E-state index in [1.165, 1.54) is 15.3 Å². The first-order valence-corrected chi connectivity index (χ1v) is 6.49. The highest BCUT2D eigenvalue weighted by atomic mass is 35.5. The van der Waals surface area contributed by atoms with Gasteiger partial charge in [-0.15, -0.1) is 0 Å². The number of hydrogen-bond donors (Lipinski definition) is 1. The summed E-state index contributed by atoms with van der Waals surface area (Å²) in [5.74, 6) is -0.212. The third-order valence-electron chi connectivity index (χ3n) is 2.84. The number of aliphatic imine (C=N–C) groups is 1. The minimum atomic E-state index is -0.400. The lowest BCUT2D eigenvalue weighted by Crippen LogP contribution is -2.25. The molecular formula is C13H12ClN3O2S. The molecule has 0 bridgehead atoms. The van der Waals surface area contributed by atoms with E-state index >= 15 is 0 Å². The van der Waals surface area contributed by atoms with Crippen molar-refractivity contribution in [1.82, 2.24) is 9.13 Å². The van der Waals surface area contributed by atoms with Gasteiger partial charge in [0.1, 0.15) is 5.56 Å². The Balaban J connectivity index is 2.52. The number of hydrogen-bond acceptors (Lipinski definition) is 4. The summed E-state index contributed by atoms with van der Waals surface area (Å²) >= 11 is 10.8. The number of benzene rings is 1. The Bertz CT molecular complexity index is 791. The van der Waals surface area contributed by atoms with E-state index in [0.717, 1.165) is 0 Å². The summed E-state index contributed by atoms with van der Waals surface area (Å²) in [6.07, 6.45) is 1.32. The Morgan fingerprint density at radius 3 is 2.45 bits per heavy atom. The van der Waals surface area contributed by atoms with E-state index in [1.54, 1.807) is 38.4 Å². The lowest BCUT2D eigenvalue weighted by Gasteiger charge is -2.08. The van der Waals surface area contributed by atoms with Gasteiger partial charge in [-0.05, 0) is 36.5 Å². The van der Waals surface area contributed by atoms with E-state index in [9.17, 15) is 9.90 Å². The maximum Gasteiger partial charge on any atom is 0.266 e. The fourth-order valence-corrected chi connectivity index (χ4v) is 1.93. The van der Waals surface area contributed by atoms with Gasteiger partial charge in [0.2, 0.25) is 5.88 Å². The van der Waals surface area contributed by atoms with Gasteiger partial charge in [0.15, 0.2) is 4.77 Å². The van der Waals surface area contributed by atoms with Gasteiger partial charge in [0, 0.05) is 25.3 Å². The summed E-state index contributed by atoms with van der Waals surface area (Å²) < 4.78 is 2.86. The fraction of sp³-hybridized carbons (Fsp3) is 0.154. The van der Waals surface area contributed by atoms with Crippen molar-refractivity contribution in [1.29, 1.82) is 0 Å². The molecule has 0 aliphatic carbocycles. The van der Waals surface area contributed by atoms with Crippen LogP contribution in [0.4, 0.5) is 5.69 Å².